The molecule has 1 saturated heterocycles. The normalized spacial score (nSPS) is 16.8. The standard InChI is InChI=1S/C26H19Cl2N3O2S/c27-19-6-8-20(9-7-19)31-25(33)21(24(32)29-26(31)34)14-16-5-10-23-17(13-16)11-12-30(23)15-18-3-1-2-4-22(18)28/h1-10,13-14H,11-12,15H2,(H,29,32,34). The van der Waals surface area contributed by atoms with Gasteiger partial charge in [-0.2, -0.15) is 0 Å². The lowest BCUT2D eigenvalue weighted by atomic mass is 10.0. The first-order chi connectivity index (χ1) is 16.4. The number of rotatable bonds is 4. The van der Waals surface area contributed by atoms with Gasteiger partial charge in [-0.25, -0.2) is 0 Å². The Hall–Kier alpha value is -3.19. The van der Waals surface area contributed by atoms with Gasteiger partial charge in [-0.15, -0.1) is 0 Å². The van der Waals surface area contributed by atoms with Gasteiger partial charge in [-0.3, -0.25) is 19.8 Å². The van der Waals surface area contributed by atoms with E-state index in [9.17, 15) is 9.59 Å². The van der Waals surface area contributed by atoms with E-state index in [0.717, 1.165) is 46.9 Å². The van der Waals surface area contributed by atoms with Crippen LogP contribution in [0.1, 0.15) is 16.7 Å². The number of fused-ring (bicyclic) bond motifs is 1. The molecule has 3 aromatic rings. The number of benzene rings is 3. The molecule has 0 spiro atoms. The lowest BCUT2D eigenvalue weighted by molar-refractivity contribution is -0.122. The minimum Gasteiger partial charge on any atom is -0.367 e. The highest BCUT2D eigenvalue weighted by Crippen LogP contribution is 2.32. The maximum atomic E-state index is 13.2. The van der Waals surface area contributed by atoms with Gasteiger partial charge in [0.1, 0.15) is 5.57 Å². The zero-order chi connectivity index (χ0) is 23.8. The Bertz CT molecular complexity index is 1350. The molecule has 2 aliphatic heterocycles. The van der Waals surface area contributed by atoms with Gasteiger partial charge in [0.2, 0.25) is 0 Å². The van der Waals surface area contributed by atoms with E-state index in [0.29, 0.717) is 10.7 Å². The van der Waals surface area contributed by atoms with Gasteiger partial charge >= 0.3 is 0 Å². The van der Waals surface area contributed by atoms with Crippen LogP contribution >= 0.6 is 35.4 Å². The lowest BCUT2D eigenvalue weighted by Crippen LogP contribution is -2.54. The average Bonchev–Trinajstić information content (AvgIpc) is 3.21. The zero-order valence-corrected chi connectivity index (χ0v) is 20.3. The van der Waals surface area contributed by atoms with Crippen LogP contribution < -0.4 is 15.1 Å². The van der Waals surface area contributed by atoms with Gasteiger partial charge in [0.25, 0.3) is 11.8 Å². The SMILES string of the molecule is O=C1NC(=S)N(c2ccc(Cl)cc2)C(=O)C1=Cc1ccc2c(c1)CCN2Cc1ccccc1Cl. The van der Waals surface area contributed by atoms with Crippen molar-refractivity contribution in [2.45, 2.75) is 13.0 Å². The molecule has 1 fully saturated rings. The van der Waals surface area contributed by atoms with Crippen molar-refractivity contribution in [3.63, 3.8) is 0 Å². The Balaban J connectivity index is 1.41. The quantitative estimate of drug-likeness (QED) is 0.292. The summed E-state index contributed by atoms with van der Waals surface area (Å²) in [5.41, 5.74) is 4.70. The predicted octanol–water partition coefficient (Wildman–Crippen LogP) is 5.39. The van der Waals surface area contributed by atoms with Crippen molar-refractivity contribution in [2.75, 3.05) is 16.3 Å². The van der Waals surface area contributed by atoms with Crippen LogP contribution in [-0.2, 0) is 22.6 Å². The summed E-state index contributed by atoms with van der Waals surface area (Å²) >= 11 is 17.6. The topological polar surface area (TPSA) is 52.7 Å². The summed E-state index contributed by atoms with van der Waals surface area (Å²) in [4.78, 5) is 29.4. The second-order valence-electron chi connectivity index (χ2n) is 8.09. The van der Waals surface area contributed by atoms with Gasteiger partial charge in [-0.05, 0) is 83.9 Å². The van der Waals surface area contributed by atoms with Gasteiger partial charge in [0, 0.05) is 28.8 Å². The molecule has 2 heterocycles. The molecular weight excluding hydrogens is 489 g/mol. The van der Waals surface area contributed by atoms with E-state index >= 15 is 0 Å². The molecule has 0 radical (unpaired) electrons. The highest BCUT2D eigenvalue weighted by atomic mass is 35.5. The minimum absolute atomic E-state index is 0.0226. The summed E-state index contributed by atoms with van der Waals surface area (Å²) in [5.74, 6) is -0.988. The van der Waals surface area contributed by atoms with Crippen LogP contribution in [0.4, 0.5) is 11.4 Å². The molecule has 2 aliphatic rings. The third-order valence-corrected chi connectivity index (χ3v) is 6.82. The summed E-state index contributed by atoms with van der Waals surface area (Å²) in [7, 11) is 0. The Morgan fingerprint density at radius 1 is 1.00 bits per heavy atom. The molecule has 8 heteroatoms. The highest BCUT2D eigenvalue weighted by Gasteiger charge is 2.34. The van der Waals surface area contributed by atoms with Crippen molar-refractivity contribution in [1.82, 2.24) is 5.32 Å². The molecule has 1 N–H and O–H groups in total. The molecule has 2 amide bonds. The molecule has 0 bridgehead atoms. The van der Waals surface area contributed by atoms with Crippen LogP contribution in [0.2, 0.25) is 10.0 Å². The van der Waals surface area contributed by atoms with Gasteiger partial charge in [0.15, 0.2) is 5.11 Å². The number of anilines is 2. The van der Waals surface area contributed by atoms with E-state index in [1.807, 2.05) is 42.5 Å². The first-order valence-corrected chi connectivity index (χ1v) is 11.9. The van der Waals surface area contributed by atoms with Crippen molar-refractivity contribution >= 4 is 69.8 Å². The van der Waals surface area contributed by atoms with Gasteiger partial charge in [-0.1, -0.05) is 47.5 Å². The summed E-state index contributed by atoms with van der Waals surface area (Å²) in [6.45, 7) is 1.60. The molecule has 34 heavy (non-hydrogen) atoms. The van der Waals surface area contributed by atoms with Crippen LogP contribution in [0.3, 0.4) is 0 Å². The number of thiocarbonyl (C=S) groups is 1. The maximum Gasteiger partial charge on any atom is 0.270 e. The first kappa shape index (κ1) is 22.6. The van der Waals surface area contributed by atoms with Crippen molar-refractivity contribution in [1.29, 1.82) is 0 Å². The largest absolute Gasteiger partial charge is 0.367 e. The van der Waals surface area contributed by atoms with Crippen LogP contribution in [0, 0.1) is 0 Å². The molecule has 5 rings (SSSR count). The molecular formula is C26H19Cl2N3O2S. The third-order valence-electron chi connectivity index (χ3n) is 5.91. The molecule has 0 aromatic heterocycles. The number of carbonyl (C=O) groups is 2. The monoisotopic (exact) mass is 507 g/mol. The summed E-state index contributed by atoms with van der Waals surface area (Å²) in [6.07, 6.45) is 2.48. The lowest BCUT2D eigenvalue weighted by Gasteiger charge is -2.29. The third kappa shape index (κ3) is 4.32. The number of nitrogens with one attached hydrogen (secondary N) is 1. The van der Waals surface area contributed by atoms with E-state index in [1.54, 1.807) is 30.3 Å². The summed E-state index contributed by atoms with van der Waals surface area (Å²) in [6, 6.07) is 20.5. The van der Waals surface area contributed by atoms with Crippen LogP contribution in [0.5, 0.6) is 0 Å². The molecule has 0 unspecified atom stereocenters. The maximum absolute atomic E-state index is 13.2. The number of hydrogen-bond donors (Lipinski definition) is 1. The Morgan fingerprint density at radius 2 is 1.76 bits per heavy atom. The number of amides is 2. The molecule has 170 valence electrons. The van der Waals surface area contributed by atoms with Gasteiger partial charge in [0.05, 0.1) is 5.69 Å². The number of halogens is 2. The highest BCUT2D eigenvalue weighted by molar-refractivity contribution is 7.80. The number of carbonyl (C=O) groups excluding carboxylic acids is 2. The van der Waals surface area contributed by atoms with Gasteiger partial charge < -0.3 is 4.90 Å². The fourth-order valence-electron chi connectivity index (χ4n) is 4.23. The van der Waals surface area contributed by atoms with E-state index in [1.165, 1.54) is 4.90 Å². The van der Waals surface area contributed by atoms with Crippen LogP contribution in [0.25, 0.3) is 6.08 Å². The van der Waals surface area contributed by atoms with Crippen LogP contribution in [-0.4, -0.2) is 23.5 Å². The second-order valence-corrected chi connectivity index (χ2v) is 9.32. The first-order valence-electron chi connectivity index (χ1n) is 10.7. The van der Waals surface area contributed by atoms with Crippen molar-refractivity contribution in [3.8, 4) is 0 Å². The van der Waals surface area contributed by atoms with Crippen molar-refractivity contribution < 1.29 is 9.59 Å². The number of hydrogen-bond acceptors (Lipinski definition) is 4. The summed E-state index contributed by atoms with van der Waals surface area (Å²) < 4.78 is 0. The molecule has 0 aliphatic carbocycles. The van der Waals surface area contributed by atoms with Crippen LogP contribution in [0.15, 0.2) is 72.3 Å². The zero-order valence-electron chi connectivity index (χ0n) is 17.9. The van der Waals surface area contributed by atoms with E-state index < -0.39 is 11.8 Å². The molecule has 5 nitrogen and oxygen atoms in total. The summed E-state index contributed by atoms with van der Waals surface area (Å²) in [5, 5.41) is 3.95. The molecule has 0 saturated carbocycles. The fourth-order valence-corrected chi connectivity index (χ4v) is 4.83. The predicted molar refractivity (Wildman–Crippen MR) is 140 cm³/mol. The van der Waals surface area contributed by atoms with E-state index in [2.05, 4.69) is 10.2 Å². The Kier molecular flexibility index (Phi) is 6.13. The van der Waals surface area contributed by atoms with E-state index in [-0.39, 0.29) is 10.7 Å². The van der Waals surface area contributed by atoms with Crippen molar-refractivity contribution in [2.24, 2.45) is 0 Å². The number of nitrogens with zero attached hydrogens (tertiary/aromatic N) is 2. The minimum atomic E-state index is -0.513. The second kappa shape index (κ2) is 9.22. The van der Waals surface area contributed by atoms with Crippen molar-refractivity contribution in [3.05, 3.63) is 99.0 Å². The smallest absolute Gasteiger partial charge is 0.270 e. The molecule has 0 atom stereocenters. The molecule has 3 aromatic carbocycles. The Labute approximate surface area is 212 Å². The Morgan fingerprint density at radius 3 is 2.53 bits per heavy atom. The fraction of sp³-hybridized carbons (Fsp3) is 0.115. The van der Waals surface area contributed by atoms with E-state index in [4.69, 9.17) is 35.4 Å². The average molecular weight is 508 g/mol.